The third-order valence-corrected chi connectivity index (χ3v) is 6.77. The van der Waals surface area contributed by atoms with Gasteiger partial charge >= 0.3 is 5.97 Å². The van der Waals surface area contributed by atoms with Crippen LogP contribution in [-0.4, -0.2) is 41.8 Å². The van der Waals surface area contributed by atoms with Crippen molar-refractivity contribution in [3.63, 3.8) is 0 Å². The monoisotopic (exact) mass is 473 g/mol. The lowest BCUT2D eigenvalue weighted by Crippen LogP contribution is -2.31. The van der Waals surface area contributed by atoms with E-state index in [-0.39, 0.29) is 29.8 Å². The molecular formula is C29H35N3O3. The molecule has 0 radical (unpaired) electrons. The van der Waals surface area contributed by atoms with E-state index in [0.29, 0.717) is 28.6 Å². The summed E-state index contributed by atoms with van der Waals surface area (Å²) in [5.41, 5.74) is 11.0. The number of esters is 1. The zero-order valence-electron chi connectivity index (χ0n) is 21.3. The molecule has 2 N–H and O–H groups in total. The van der Waals surface area contributed by atoms with Crippen molar-refractivity contribution in [2.75, 3.05) is 13.1 Å². The quantitative estimate of drug-likeness (QED) is 0.587. The van der Waals surface area contributed by atoms with E-state index in [9.17, 15) is 9.59 Å². The molecule has 6 nitrogen and oxygen atoms in total. The van der Waals surface area contributed by atoms with Crippen molar-refractivity contribution in [1.29, 1.82) is 0 Å². The number of amides is 1. The minimum atomic E-state index is -0.373. The molecule has 1 saturated heterocycles. The molecule has 2 aromatic carbocycles. The first-order chi connectivity index (χ1) is 16.5. The molecule has 2 heterocycles. The molecule has 2 aromatic rings. The first kappa shape index (κ1) is 24.7. The average molecular weight is 474 g/mol. The van der Waals surface area contributed by atoms with Crippen LogP contribution in [0.3, 0.4) is 0 Å². The first-order valence-corrected chi connectivity index (χ1v) is 12.3. The zero-order valence-corrected chi connectivity index (χ0v) is 21.3. The van der Waals surface area contributed by atoms with Gasteiger partial charge in [0.15, 0.2) is 0 Å². The summed E-state index contributed by atoms with van der Waals surface area (Å²) in [4.78, 5) is 32.0. The molecule has 1 unspecified atom stereocenters. The summed E-state index contributed by atoms with van der Waals surface area (Å²) >= 11 is 0. The Balaban J connectivity index is 1.53. The third-order valence-electron chi connectivity index (χ3n) is 6.77. The molecule has 0 saturated carbocycles. The molecule has 0 aromatic heterocycles. The van der Waals surface area contributed by atoms with E-state index in [0.717, 1.165) is 36.2 Å². The lowest BCUT2D eigenvalue weighted by atomic mass is 9.80. The highest BCUT2D eigenvalue weighted by atomic mass is 16.5. The maximum atomic E-state index is 13.0. The molecule has 6 heteroatoms. The van der Waals surface area contributed by atoms with Crippen molar-refractivity contribution in [1.82, 2.24) is 4.90 Å². The Morgan fingerprint density at radius 1 is 1.09 bits per heavy atom. The Bertz CT molecular complexity index is 1190. The molecule has 1 fully saturated rings. The number of amidine groups is 1. The van der Waals surface area contributed by atoms with E-state index in [1.807, 2.05) is 61.2 Å². The summed E-state index contributed by atoms with van der Waals surface area (Å²) in [5.74, 6) is 0.615. The molecule has 0 bridgehead atoms. The lowest BCUT2D eigenvalue weighted by molar-refractivity contribution is -0.142. The predicted octanol–water partition coefficient (Wildman–Crippen LogP) is 5.59. The highest BCUT2D eigenvalue weighted by molar-refractivity contribution is 6.03. The van der Waals surface area contributed by atoms with Gasteiger partial charge in [0.2, 0.25) is 0 Å². The maximum absolute atomic E-state index is 13.0. The second kappa shape index (κ2) is 9.68. The van der Waals surface area contributed by atoms with E-state index in [2.05, 4.69) is 25.8 Å². The summed E-state index contributed by atoms with van der Waals surface area (Å²) in [6.07, 6.45) is 2.90. The van der Waals surface area contributed by atoms with Gasteiger partial charge in [0, 0.05) is 36.2 Å². The molecule has 2 aliphatic rings. The molecule has 184 valence electrons. The number of rotatable bonds is 4. The standard InChI is InChI=1S/C29H35N3O3/c1-18(2)35-28(34)23-14-22-11-10-21(15-25(22)31-26(30)16-23)19-6-8-20(9-7-19)27(33)32-13-12-24(17-32)29(3,4)5/h6-11,14-15,18,24H,12-13,16-17H2,1-5H3,(H2,30,31). The van der Waals surface area contributed by atoms with Gasteiger partial charge < -0.3 is 15.4 Å². The Morgan fingerprint density at radius 3 is 2.40 bits per heavy atom. The molecule has 0 aliphatic carbocycles. The van der Waals surface area contributed by atoms with Crippen LogP contribution in [0.4, 0.5) is 5.69 Å². The van der Waals surface area contributed by atoms with Crippen LogP contribution in [0.5, 0.6) is 0 Å². The minimum absolute atomic E-state index is 0.0913. The summed E-state index contributed by atoms with van der Waals surface area (Å²) in [6, 6.07) is 13.6. The van der Waals surface area contributed by atoms with Crippen molar-refractivity contribution in [3.05, 3.63) is 59.2 Å². The number of hydrogen-bond acceptors (Lipinski definition) is 5. The van der Waals surface area contributed by atoms with Gasteiger partial charge in [-0.2, -0.15) is 0 Å². The van der Waals surface area contributed by atoms with E-state index >= 15 is 0 Å². The number of benzene rings is 2. The SMILES string of the molecule is CC(C)OC(=O)C1=Cc2ccc(-c3ccc(C(=O)N4CCC(C(C)(C)C)C4)cc3)cc2N=C(N)C1. The number of nitrogens with zero attached hydrogens (tertiary/aromatic N) is 2. The lowest BCUT2D eigenvalue weighted by Gasteiger charge is -2.27. The molecule has 4 rings (SSSR count). The fraction of sp³-hybridized carbons (Fsp3) is 0.414. The topological polar surface area (TPSA) is 85.0 Å². The van der Waals surface area contributed by atoms with Gasteiger partial charge in [-0.05, 0) is 67.0 Å². The van der Waals surface area contributed by atoms with Gasteiger partial charge in [-0.1, -0.05) is 45.0 Å². The Labute approximate surface area is 207 Å². The number of likely N-dealkylation sites (tertiary alicyclic amines) is 1. The summed E-state index contributed by atoms with van der Waals surface area (Å²) < 4.78 is 5.34. The van der Waals surface area contributed by atoms with Crippen LogP contribution in [-0.2, 0) is 9.53 Å². The number of nitrogens with two attached hydrogens (primary N) is 1. The second-order valence-electron chi connectivity index (χ2n) is 10.9. The fourth-order valence-electron chi connectivity index (χ4n) is 4.63. The molecular weight excluding hydrogens is 438 g/mol. The molecule has 0 spiro atoms. The molecule has 35 heavy (non-hydrogen) atoms. The first-order valence-electron chi connectivity index (χ1n) is 12.3. The van der Waals surface area contributed by atoms with Gasteiger partial charge in [-0.25, -0.2) is 9.79 Å². The van der Waals surface area contributed by atoms with Crippen molar-refractivity contribution in [2.24, 2.45) is 22.1 Å². The zero-order chi connectivity index (χ0) is 25.3. The van der Waals surface area contributed by atoms with Crippen LogP contribution in [0.2, 0.25) is 0 Å². The number of hydrogen-bond donors (Lipinski definition) is 1. The summed E-state index contributed by atoms with van der Waals surface area (Å²) in [7, 11) is 0. The third kappa shape index (κ3) is 5.64. The number of ether oxygens (including phenoxy) is 1. The Kier molecular flexibility index (Phi) is 6.84. The molecule has 2 aliphatic heterocycles. The van der Waals surface area contributed by atoms with Crippen molar-refractivity contribution in [2.45, 2.75) is 53.6 Å². The van der Waals surface area contributed by atoms with Gasteiger partial charge in [-0.15, -0.1) is 0 Å². The van der Waals surface area contributed by atoms with Crippen LogP contribution in [0, 0.1) is 11.3 Å². The number of aliphatic imine (C=N–C) groups is 1. The van der Waals surface area contributed by atoms with E-state index < -0.39 is 0 Å². The largest absolute Gasteiger partial charge is 0.460 e. The minimum Gasteiger partial charge on any atom is -0.460 e. The second-order valence-corrected chi connectivity index (χ2v) is 10.9. The van der Waals surface area contributed by atoms with Crippen molar-refractivity contribution >= 4 is 29.5 Å². The summed E-state index contributed by atoms with van der Waals surface area (Å²) in [5, 5.41) is 0. The van der Waals surface area contributed by atoms with Crippen LogP contribution >= 0.6 is 0 Å². The average Bonchev–Trinajstić information content (AvgIpc) is 3.23. The Hall–Kier alpha value is -3.41. The van der Waals surface area contributed by atoms with Crippen LogP contribution in [0.1, 0.15) is 63.4 Å². The van der Waals surface area contributed by atoms with Gasteiger partial charge in [0.1, 0.15) is 5.84 Å². The van der Waals surface area contributed by atoms with Crippen molar-refractivity contribution in [3.8, 4) is 11.1 Å². The number of fused-ring (bicyclic) bond motifs is 1. The highest BCUT2D eigenvalue weighted by Crippen LogP contribution is 2.35. The van der Waals surface area contributed by atoms with E-state index in [1.54, 1.807) is 6.08 Å². The highest BCUT2D eigenvalue weighted by Gasteiger charge is 2.34. The predicted molar refractivity (Wildman–Crippen MR) is 140 cm³/mol. The maximum Gasteiger partial charge on any atom is 0.334 e. The van der Waals surface area contributed by atoms with E-state index in [4.69, 9.17) is 10.5 Å². The van der Waals surface area contributed by atoms with Crippen molar-refractivity contribution < 1.29 is 14.3 Å². The van der Waals surface area contributed by atoms with E-state index in [1.165, 1.54) is 0 Å². The number of carbonyl (C=O) groups is 2. The summed E-state index contributed by atoms with van der Waals surface area (Å²) in [6.45, 7) is 12.0. The normalized spacial score (nSPS) is 18.0. The van der Waals surface area contributed by atoms with Gasteiger partial charge in [0.05, 0.1) is 11.8 Å². The van der Waals surface area contributed by atoms with Crippen LogP contribution in [0.15, 0.2) is 53.0 Å². The van der Waals surface area contributed by atoms with Gasteiger partial charge in [0.25, 0.3) is 5.91 Å². The van der Waals surface area contributed by atoms with Gasteiger partial charge in [-0.3, -0.25) is 4.79 Å². The van der Waals surface area contributed by atoms with Crippen LogP contribution in [0.25, 0.3) is 17.2 Å². The molecule has 1 amide bonds. The van der Waals surface area contributed by atoms with Crippen LogP contribution < -0.4 is 5.73 Å². The molecule has 1 atom stereocenters. The smallest absolute Gasteiger partial charge is 0.334 e. The number of carbonyl (C=O) groups excluding carboxylic acids is 2. The Morgan fingerprint density at radius 2 is 1.77 bits per heavy atom. The fourth-order valence-corrected chi connectivity index (χ4v) is 4.63.